The van der Waals surface area contributed by atoms with E-state index in [-0.39, 0.29) is 35.9 Å². The highest BCUT2D eigenvalue weighted by Crippen LogP contribution is 2.28. The Morgan fingerprint density at radius 1 is 1.16 bits per heavy atom. The van der Waals surface area contributed by atoms with E-state index in [0.717, 1.165) is 5.56 Å². The Morgan fingerprint density at radius 2 is 1.84 bits per heavy atom. The first-order chi connectivity index (χ1) is 12.1. The first-order valence-electron chi connectivity index (χ1n) is 8.01. The van der Waals surface area contributed by atoms with Crippen molar-refractivity contribution in [3.8, 4) is 5.75 Å². The molecular formula is C18H19N3O4. The van der Waals surface area contributed by atoms with Crippen molar-refractivity contribution < 1.29 is 14.5 Å². The van der Waals surface area contributed by atoms with Crippen LogP contribution < -0.4 is 10.5 Å². The van der Waals surface area contributed by atoms with Gasteiger partial charge in [0, 0.05) is 31.1 Å². The highest BCUT2D eigenvalue weighted by Gasteiger charge is 2.34. The first-order valence-corrected chi connectivity index (χ1v) is 8.01. The molecule has 0 aliphatic carbocycles. The van der Waals surface area contributed by atoms with E-state index in [1.54, 1.807) is 17.0 Å². The fourth-order valence-corrected chi connectivity index (χ4v) is 3.05. The Labute approximate surface area is 145 Å². The summed E-state index contributed by atoms with van der Waals surface area (Å²) >= 11 is 0. The van der Waals surface area contributed by atoms with Crippen molar-refractivity contribution in [2.24, 2.45) is 5.73 Å². The van der Waals surface area contributed by atoms with E-state index in [4.69, 9.17) is 10.5 Å². The van der Waals surface area contributed by atoms with Gasteiger partial charge in [-0.1, -0.05) is 42.5 Å². The second kappa shape index (κ2) is 7.31. The predicted molar refractivity (Wildman–Crippen MR) is 92.3 cm³/mol. The lowest BCUT2D eigenvalue weighted by atomic mass is 9.95. The van der Waals surface area contributed by atoms with Crippen molar-refractivity contribution >= 4 is 11.6 Å². The van der Waals surface area contributed by atoms with Crippen LogP contribution in [0.15, 0.2) is 54.6 Å². The standard InChI is InChI=1S/C18H19N3O4/c19-15-11-20(10-14(15)13-6-2-1-3-7-13)18(22)12-25-17-9-5-4-8-16(17)21(23)24/h1-9,14-15H,10-12,19H2/t14-,15+/m0/s1. The molecule has 2 atom stereocenters. The predicted octanol–water partition coefficient (Wildman–Crippen LogP) is 1.93. The van der Waals surface area contributed by atoms with Gasteiger partial charge in [0.2, 0.25) is 0 Å². The Morgan fingerprint density at radius 3 is 2.56 bits per heavy atom. The highest BCUT2D eigenvalue weighted by atomic mass is 16.6. The second-order valence-electron chi connectivity index (χ2n) is 5.99. The van der Waals surface area contributed by atoms with Crippen molar-refractivity contribution in [2.75, 3.05) is 19.7 Å². The molecule has 7 heteroatoms. The number of carbonyl (C=O) groups excluding carboxylic acids is 1. The summed E-state index contributed by atoms with van der Waals surface area (Å²) in [5.41, 5.74) is 7.13. The van der Waals surface area contributed by atoms with Crippen molar-refractivity contribution in [2.45, 2.75) is 12.0 Å². The topological polar surface area (TPSA) is 98.7 Å². The van der Waals surface area contributed by atoms with Crippen molar-refractivity contribution in [1.82, 2.24) is 4.90 Å². The zero-order valence-electron chi connectivity index (χ0n) is 13.6. The summed E-state index contributed by atoms with van der Waals surface area (Å²) in [4.78, 5) is 24.5. The SMILES string of the molecule is N[C@@H]1CN(C(=O)COc2ccccc2[N+](=O)[O-])C[C@H]1c1ccccc1. The third-order valence-electron chi connectivity index (χ3n) is 4.36. The Hall–Kier alpha value is -2.93. The van der Waals surface area contributed by atoms with Gasteiger partial charge in [-0.2, -0.15) is 0 Å². The number of amides is 1. The molecule has 0 unspecified atom stereocenters. The number of para-hydroxylation sites is 2. The Kier molecular flexibility index (Phi) is 4.95. The van der Waals surface area contributed by atoms with Gasteiger partial charge < -0.3 is 15.4 Å². The maximum Gasteiger partial charge on any atom is 0.310 e. The minimum Gasteiger partial charge on any atom is -0.477 e. The summed E-state index contributed by atoms with van der Waals surface area (Å²) in [5.74, 6) is -0.0628. The first kappa shape index (κ1) is 16.9. The van der Waals surface area contributed by atoms with Gasteiger partial charge in [0.25, 0.3) is 5.91 Å². The van der Waals surface area contributed by atoms with Crippen LogP contribution in [-0.4, -0.2) is 41.5 Å². The van der Waals surface area contributed by atoms with E-state index in [0.29, 0.717) is 13.1 Å². The number of carbonyl (C=O) groups is 1. The van der Waals surface area contributed by atoms with Crippen LogP contribution in [0.3, 0.4) is 0 Å². The molecule has 1 fully saturated rings. The molecule has 25 heavy (non-hydrogen) atoms. The average Bonchev–Trinajstić information content (AvgIpc) is 3.02. The van der Waals surface area contributed by atoms with Crippen molar-refractivity contribution in [3.05, 3.63) is 70.3 Å². The van der Waals surface area contributed by atoms with Crippen LogP contribution in [0, 0.1) is 10.1 Å². The number of nitro groups is 1. The number of nitro benzene ring substituents is 1. The number of rotatable bonds is 5. The van der Waals surface area contributed by atoms with E-state index in [1.165, 1.54) is 12.1 Å². The molecule has 1 amide bonds. The second-order valence-corrected chi connectivity index (χ2v) is 5.99. The average molecular weight is 341 g/mol. The van der Waals surface area contributed by atoms with E-state index < -0.39 is 4.92 Å². The van der Waals surface area contributed by atoms with E-state index >= 15 is 0 Å². The molecule has 0 radical (unpaired) electrons. The number of likely N-dealkylation sites (tertiary alicyclic amines) is 1. The van der Waals surface area contributed by atoms with Gasteiger partial charge in [0.15, 0.2) is 12.4 Å². The third-order valence-corrected chi connectivity index (χ3v) is 4.36. The lowest BCUT2D eigenvalue weighted by Gasteiger charge is -2.17. The fraction of sp³-hybridized carbons (Fsp3) is 0.278. The summed E-state index contributed by atoms with van der Waals surface area (Å²) in [7, 11) is 0. The maximum atomic E-state index is 12.4. The molecule has 0 bridgehead atoms. The molecule has 2 aromatic carbocycles. The molecule has 0 saturated carbocycles. The van der Waals surface area contributed by atoms with Gasteiger partial charge in [-0.3, -0.25) is 14.9 Å². The molecule has 7 nitrogen and oxygen atoms in total. The lowest BCUT2D eigenvalue weighted by Crippen LogP contribution is -2.35. The highest BCUT2D eigenvalue weighted by molar-refractivity contribution is 5.78. The molecule has 1 aliphatic heterocycles. The summed E-state index contributed by atoms with van der Waals surface area (Å²) in [5, 5.41) is 11.0. The van der Waals surface area contributed by atoms with Crippen molar-refractivity contribution in [3.63, 3.8) is 0 Å². The van der Waals surface area contributed by atoms with Gasteiger partial charge in [-0.25, -0.2) is 0 Å². The number of hydrogen-bond acceptors (Lipinski definition) is 5. The van der Waals surface area contributed by atoms with E-state index in [1.807, 2.05) is 30.3 Å². The number of benzene rings is 2. The number of hydrogen-bond donors (Lipinski definition) is 1. The summed E-state index contributed by atoms with van der Waals surface area (Å²) in [6.07, 6.45) is 0. The van der Waals surface area contributed by atoms with Crippen LogP contribution in [0.1, 0.15) is 11.5 Å². The van der Waals surface area contributed by atoms with Crippen LogP contribution >= 0.6 is 0 Å². The number of nitrogens with two attached hydrogens (primary N) is 1. The minimum absolute atomic E-state index is 0.0798. The Bertz CT molecular complexity index is 766. The zero-order valence-corrected chi connectivity index (χ0v) is 13.6. The molecular weight excluding hydrogens is 322 g/mol. The molecule has 2 aromatic rings. The van der Waals surface area contributed by atoms with Gasteiger partial charge in [-0.15, -0.1) is 0 Å². The van der Waals surface area contributed by atoms with Crippen LogP contribution in [0.25, 0.3) is 0 Å². The van der Waals surface area contributed by atoms with Gasteiger partial charge in [0.05, 0.1) is 4.92 Å². The van der Waals surface area contributed by atoms with Crippen molar-refractivity contribution in [1.29, 1.82) is 0 Å². The minimum atomic E-state index is -0.531. The maximum absolute atomic E-state index is 12.4. The summed E-state index contributed by atoms with van der Waals surface area (Å²) < 4.78 is 5.38. The third kappa shape index (κ3) is 3.77. The number of nitrogens with zero attached hydrogens (tertiary/aromatic N) is 2. The van der Waals surface area contributed by atoms with Crippen LogP contribution in [0.2, 0.25) is 0 Å². The zero-order chi connectivity index (χ0) is 17.8. The quantitative estimate of drug-likeness (QED) is 0.662. The number of ether oxygens (including phenoxy) is 1. The van der Waals surface area contributed by atoms with E-state index in [2.05, 4.69) is 0 Å². The largest absolute Gasteiger partial charge is 0.477 e. The van der Waals surface area contributed by atoms with Crippen LogP contribution in [0.4, 0.5) is 5.69 Å². The molecule has 0 spiro atoms. The smallest absolute Gasteiger partial charge is 0.310 e. The fourth-order valence-electron chi connectivity index (χ4n) is 3.05. The van der Waals surface area contributed by atoms with Gasteiger partial charge in [0.1, 0.15) is 0 Å². The van der Waals surface area contributed by atoms with Gasteiger partial charge in [-0.05, 0) is 11.6 Å². The van der Waals surface area contributed by atoms with Crippen LogP contribution in [0.5, 0.6) is 5.75 Å². The van der Waals surface area contributed by atoms with Gasteiger partial charge >= 0.3 is 5.69 Å². The normalized spacial score (nSPS) is 19.6. The molecule has 0 aromatic heterocycles. The monoisotopic (exact) mass is 341 g/mol. The summed E-state index contributed by atoms with van der Waals surface area (Å²) in [6.45, 7) is 0.710. The molecule has 3 rings (SSSR count). The van der Waals surface area contributed by atoms with Crippen LogP contribution in [-0.2, 0) is 4.79 Å². The lowest BCUT2D eigenvalue weighted by molar-refractivity contribution is -0.385. The summed E-state index contributed by atoms with van der Waals surface area (Å²) in [6, 6.07) is 15.7. The molecule has 1 heterocycles. The molecule has 130 valence electrons. The molecule has 2 N–H and O–H groups in total. The van der Waals surface area contributed by atoms with E-state index in [9.17, 15) is 14.9 Å². The molecule has 1 aliphatic rings. The molecule has 1 saturated heterocycles. The Balaban J connectivity index is 1.62.